The molecule has 4 nitrogen and oxygen atoms in total. The lowest BCUT2D eigenvalue weighted by Crippen LogP contribution is -2.35. The van der Waals surface area contributed by atoms with E-state index >= 15 is 0 Å². The number of likely N-dealkylation sites (N-methyl/N-ethyl adjacent to an activating group) is 1. The SMILES string of the molecule is CCN(CC)CCNC(=O)c1c(C)[nH]c(C(C)C)c1C. The van der Waals surface area contributed by atoms with Gasteiger partial charge in [-0.1, -0.05) is 27.7 Å². The molecular formula is C16H29N3O. The van der Waals surface area contributed by atoms with Crippen molar-refractivity contribution in [3.05, 3.63) is 22.5 Å². The summed E-state index contributed by atoms with van der Waals surface area (Å²) in [5.74, 6) is 0.446. The minimum Gasteiger partial charge on any atom is -0.361 e. The Labute approximate surface area is 122 Å². The van der Waals surface area contributed by atoms with Crippen LogP contribution < -0.4 is 5.32 Å². The van der Waals surface area contributed by atoms with Crippen LogP contribution in [0.5, 0.6) is 0 Å². The number of rotatable bonds is 7. The van der Waals surface area contributed by atoms with E-state index in [-0.39, 0.29) is 5.91 Å². The smallest absolute Gasteiger partial charge is 0.253 e. The molecule has 114 valence electrons. The minimum atomic E-state index is 0.0373. The molecule has 1 aromatic rings. The molecule has 1 amide bonds. The van der Waals surface area contributed by atoms with Gasteiger partial charge >= 0.3 is 0 Å². The van der Waals surface area contributed by atoms with Crippen LogP contribution in [0, 0.1) is 13.8 Å². The Bertz CT molecular complexity index is 445. The highest BCUT2D eigenvalue weighted by atomic mass is 16.1. The van der Waals surface area contributed by atoms with E-state index in [0.717, 1.165) is 42.1 Å². The van der Waals surface area contributed by atoms with Gasteiger partial charge in [-0.3, -0.25) is 4.79 Å². The summed E-state index contributed by atoms with van der Waals surface area (Å²) in [7, 11) is 0. The monoisotopic (exact) mass is 279 g/mol. The molecule has 1 aromatic heterocycles. The average molecular weight is 279 g/mol. The van der Waals surface area contributed by atoms with Crippen LogP contribution in [0.3, 0.4) is 0 Å². The number of amides is 1. The van der Waals surface area contributed by atoms with Crippen molar-refractivity contribution >= 4 is 5.91 Å². The topological polar surface area (TPSA) is 48.1 Å². The number of nitrogens with zero attached hydrogens (tertiary/aromatic N) is 1. The molecule has 20 heavy (non-hydrogen) atoms. The van der Waals surface area contributed by atoms with Crippen molar-refractivity contribution in [1.82, 2.24) is 15.2 Å². The summed E-state index contributed by atoms with van der Waals surface area (Å²) < 4.78 is 0. The second-order valence-corrected chi connectivity index (χ2v) is 5.60. The Morgan fingerprint density at radius 1 is 1.25 bits per heavy atom. The normalized spacial score (nSPS) is 11.4. The molecule has 0 saturated carbocycles. The highest BCUT2D eigenvalue weighted by Crippen LogP contribution is 2.23. The van der Waals surface area contributed by atoms with E-state index in [9.17, 15) is 4.79 Å². The average Bonchev–Trinajstić information content (AvgIpc) is 2.70. The second kappa shape index (κ2) is 7.48. The van der Waals surface area contributed by atoms with Crippen molar-refractivity contribution in [2.75, 3.05) is 26.2 Å². The van der Waals surface area contributed by atoms with Gasteiger partial charge in [0.2, 0.25) is 0 Å². The van der Waals surface area contributed by atoms with Gasteiger partial charge in [-0.25, -0.2) is 0 Å². The Kier molecular flexibility index (Phi) is 6.27. The lowest BCUT2D eigenvalue weighted by molar-refractivity contribution is 0.0948. The van der Waals surface area contributed by atoms with Crippen LogP contribution >= 0.6 is 0 Å². The van der Waals surface area contributed by atoms with E-state index in [1.54, 1.807) is 0 Å². The zero-order chi connectivity index (χ0) is 15.3. The van der Waals surface area contributed by atoms with Gasteiger partial charge in [0.1, 0.15) is 0 Å². The zero-order valence-corrected chi connectivity index (χ0v) is 13.8. The number of nitrogens with one attached hydrogen (secondary N) is 2. The van der Waals surface area contributed by atoms with Crippen molar-refractivity contribution in [2.45, 2.75) is 47.5 Å². The van der Waals surface area contributed by atoms with Crippen LogP contribution in [0.1, 0.15) is 60.9 Å². The van der Waals surface area contributed by atoms with Crippen LogP contribution in [0.15, 0.2) is 0 Å². The Morgan fingerprint density at radius 2 is 1.85 bits per heavy atom. The molecule has 0 aliphatic carbocycles. The third-order valence-corrected chi connectivity index (χ3v) is 3.89. The summed E-state index contributed by atoms with van der Waals surface area (Å²) in [6.45, 7) is 16.2. The van der Waals surface area contributed by atoms with Gasteiger partial charge in [-0.15, -0.1) is 0 Å². The number of carbonyl (C=O) groups excluding carboxylic acids is 1. The minimum absolute atomic E-state index is 0.0373. The van der Waals surface area contributed by atoms with Gasteiger partial charge in [0, 0.05) is 24.5 Å². The predicted molar refractivity (Wildman–Crippen MR) is 84.5 cm³/mol. The summed E-state index contributed by atoms with van der Waals surface area (Å²) in [5, 5.41) is 3.03. The third kappa shape index (κ3) is 3.85. The number of hydrogen-bond acceptors (Lipinski definition) is 2. The maximum absolute atomic E-state index is 12.3. The third-order valence-electron chi connectivity index (χ3n) is 3.89. The molecule has 0 aliphatic heterocycles. The van der Waals surface area contributed by atoms with Gasteiger partial charge < -0.3 is 15.2 Å². The van der Waals surface area contributed by atoms with Crippen molar-refractivity contribution < 1.29 is 4.79 Å². The highest BCUT2D eigenvalue weighted by Gasteiger charge is 2.19. The maximum Gasteiger partial charge on any atom is 0.253 e. The largest absolute Gasteiger partial charge is 0.361 e. The Morgan fingerprint density at radius 3 is 2.30 bits per heavy atom. The molecular weight excluding hydrogens is 250 g/mol. The fourth-order valence-corrected chi connectivity index (χ4v) is 2.65. The van der Waals surface area contributed by atoms with E-state index in [2.05, 4.69) is 42.9 Å². The lowest BCUT2D eigenvalue weighted by Gasteiger charge is -2.18. The van der Waals surface area contributed by atoms with Crippen molar-refractivity contribution in [1.29, 1.82) is 0 Å². The predicted octanol–water partition coefficient (Wildman–Crippen LogP) is 2.83. The molecule has 0 atom stereocenters. The number of H-pyrrole nitrogens is 1. The van der Waals surface area contributed by atoms with Gasteiger partial charge in [0.15, 0.2) is 0 Å². The molecule has 0 unspecified atom stereocenters. The molecule has 0 radical (unpaired) electrons. The van der Waals surface area contributed by atoms with Crippen LogP contribution in [0.4, 0.5) is 0 Å². The second-order valence-electron chi connectivity index (χ2n) is 5.60. The zero-order valence-electron chi connectivity index (χ0n) is 13.8. The fourth-order valence-electron chi connectivity index (χ4n) is 2.65. The molecule has 0 aromatic carbocycles. The number of aromatic nitrogens is 1. The Hall–Kier alpha value is -1.29. The van der Waals surface area contributed by atoms with Gasteiger partial charge in [0.05, 0.1) is 5.56 Å². The lowest BCUT2D eigenvalue weighted by atomic mass is 10.0. The first-order valence-corrected chi connectivity index (χ1v) is 7.61. The van der Waals surface area contributed by atoms with Gasteiger partial charge in [-0.05, 0) is 38.4 Å². The van der Waals surface area contributed by atoms with E-state index in [1.807, 2.05) is 13.8 Å². The molecule has 0 saturated heterocycles. The molecule has 0 aliphatic rings. The molecule has 0 spiro atoms. The van der Waals surface area contributed by atoms with Crippen LogP contribution in [0.2, 0.25) is 0 Å². The quantitative estimate of drug-likeness (QED) is 0.806. The van der Waals surface area contributed by atoms with Crippen LogP contribution in [-0.2, 0) is 0 Å². The van der Waals surface area contributed by atoms with Crippen molar-refractivity contribution in [2.24, 2.45) is 0 Å². The fraction of sp³-hybridized carbons (Fsp3) is 0.688. The number of aryl methyl sites for hydroxylation is 1. The Balaban J connectivity index is 2.69. The number of hydrogen-bond donors (Lipinski definition) is 2. The summed E-state index contributed by atoms with van der Waals surface area (Å²) in [4.78, 5) is 18.0. The first-order valence-electron chi connectivity index (χ1n) is 7.61. The van der Waals surface area contributed by atoms with Crippen LogP contribution in [-0.4, -0.2) is 42.0 Å². The number of carbonyl (C=O) groups is 1. The van der Waals surface area contributed by atoms with E-state index in [4.69, 9.17) is 0 Å². The van der Waals surface area contributed by atoms with E-state index in [0.29, 0.717) is 12.5 Å². The molecule has 4 heteroatoms. The maximum atomic E-state index is 12.3. The summed E-state index contributed by atoms with van der Waals surface area (Å²) in [5.41, 5.74) is 4.02. The molecule has 1 heterocycles. The molecule has 1 rings (SSSR count). The summed E-state index contributed by atoms with van der Waals surface area (Å²) in [6, 6.07) is 0. The standard InChI is InChI=1S/C16H29N3O/c1-7-19(8-2)10-9-17-16(20)14-12(5)15(11(3)4)18-13(14)6/h11,18H,7-10H2,1-6H3,(H,17,20). The molecule has 0 fully saturated rings. The first-order chi connectivity index (χ1) is 9.42. The van der Waals surface area contributed by atoms with Crippen LogP contribution in [0.25, 0.3) is 0 Å². The van der Waals surface area contributed by atoms with E-state index in [1.165, 1.54) is 0 Å². The van der Waals surface area contributed by atoms with Gasteiger partial charge in [0.25, 0.3) is 5.91 Å². The molecule has 0 bridgehead atoms. The number of aromatic amines is 1. The summed E-state index contributed by atoms with van der Waals surface area (Å²) >= 11 is 0. The van der Waals surface area contributed by atoms with E-state index < -0.39 is 0 Å². The van der Waals surface area contributed by atoms with Crippen molar-refractivity contribution in [3.63, 3.8) is 0 Å². The van der Waals surface area contributed by atoms with Gasteiger partial charge in [-0.2, -0.15) is 0 Å². The first kappa shape index (κ1) is 16.8. The molecule has 2 N–H and O–H groups in total. The van der Waals surface area contributed by atoms with Crippen molar-refractivity contribution in [3.8, 4) is 0 Å². The summed E-state index contributed by atoms with van der Waals surface area (Å²) in [6.07, 6.45) is 0. The highest BCUT2D eigenvalue weighted by molar-refractivity contribution is 5.97.